The number of hydrogen-bond acceptors (Lipinski definition) is 2. The van der Waals surface area contributed by atoms with E-state index in [0.717, 1.165) is 18.3 Å². The van der Waals surface area contributed by atoms with Crippen LogP contribution in [0.2, 0.25) is 0 Å². The van der Waals surface area contributed by atoms with E-state index < -0.39 is 0 Å². The Morgan fingerprint density at radius 3 is 2.47 bits per heavy atom. The maximum atomic E-state index is 11.1. The summed E-state index contributed by atoms with van der Waals surface area (Å²) >= 11 is 0. The summed E-state index contributed by atoms with van der Waals surface area (Å²) in [6.07, 6.45) is 8.36. The normalized spacial score (nSPS) is 23.9. The molecular formula is C13H24O2. The highest BCUT2D eigenvalue weighted by molar-refractivity contribution is 5.69. The van der Waals surface area contributed by atoms with Gasteiger partial charge in [0, 0.05) is 6.42 Å². The molecule has 2 nitrogen and oxygen atoms in total. The maximum Gasteiger partial charge on any atom is 0.305 e. The average Bonchev–Trinajstić information content (AvgIpc) is 2.94. The first kappa shape index (κ1) is 12.5. The molecule has 0 radical (unpaired) electrons. The van der Waals surface area contributed by atoms with Crippen molar-refractivity contribution in [2.75, 3.05) is 6.61 Å². The summed E-state index contributed by atoms with van der Waals surface area (Å²) in [5.74, 6) is 1.88. The molecular weight excluding hydrogens is 188 g/mol. The Balaban J connectivity index is 1.92. The minimum absolute atomic E-state index is 0.0248. The van der Waals surface area contributed by atoms with Crippen LogP contribution in [0.1, 0.15) is 58.8 Å². The molecule has 0 aromatic carbocycles. The second kappa shape index (κ2) is 6.86. The number of esters is 1. The Bertz CT molecular complexity index is 189. The molecule has 0 unspecified atom stereocenters. The van der Waals surface area contributed by atoms with Crippen LogP contribution in [0.5, 0.6) is 0 Å². The largest absolute Gasteiger partial charge is 0.466 e. The van der Waals surface area contributed by atoms with Gasteiger partial charge in [0.1, 0.15) is 0 Å². The molecule has 2 atom stereocenters. The number of unbranched alkanes of at least 4 members (excludes halogenated alkanes) is 1. The van der Waals surface area contributed by atoms with Crippen LogP contribution in [0.25, 0.3) is 0 Å². The standard InChI is InChI=1S/C13H24O2/c1-3-5-7-11-10-12(11)8-6-9-13(14)15-4-2/h11-12H,3-10H2,1-2H3/t11-,12-/m0/s1. The Morgan fingerprint density at radius 2 is 1.87 bits per heavy atom. The zero-order valence-electron chi connectivity index (χ0n) is 10.1. The molecule has 0 saturated heterocycles. The fourth-order valence-electron chi connectivity index (χ4n) is 2.23. The van der Waals surface area contributed by atoms with Crippen molar-refractivity contribution >= 4 is 5.97 Å². The number of hydrogen-bond donors (Lipinski definition) is 0. The van der Waals surface area contributed by atoms with Crippen molar-refractivity contribution in [3.8, 4) is 0 Å². The second-order valence-electron chi connectivity index (χ2n) is 4.60. The molecule has 88 valence electrons. The van der Waals surface area contributed by atoms with Crippen LogP contribution in [0.15, 0.2) is 0 Å². The lowest BCUT2D eigenvalue weighted by molar-refractivity contribution is -0.143. The lowest BCUT2D eigenvalue weighted by Gasteiger charge is -2.01. The van der Waals surface area contributed by atoms with E-state index in [1.807, 2.05) is 6.92 Å². The van der Waals surface area contributed by atoms with Gasteiger partial charge in [-0.25, -0.2) is 0 Å². The second-order valence-corrected chi connectivity index (χ2v) is 4.60. The van der Waals surface area contributed by atoms with E-state index in [2.05, 4.69) is 6.92 Å². The first-order valence-corrected chi connectivity index (χ1v) is 6.43. The summed E-state index contributed by atoms with van der Waals surface area (Å²) in [6.45, 7) is 4.62. The van der Waals surface area contributed by atoms with Crippen molar-refractivity contribution in [2.24, 2.45) is 11.8 Å². The molecule has 1 rings (SSSR count). The fraction of sp³-hybridized carbons (Fsp3) is 0.923. The van der Waals surface area contributed by atoms with Crippen molar-refractivity contribution in [2.45, 2.75) is 58.8 Å². The SMILES string of the molecule is CCCC[C@H]1C[C@@H]1CCCC(=O)OCC. The molecule has 1 saturated carbocycles. The summed E-state index contributed by atoms with van der Waals surface area (Å²) in [5.41, 5.74) is 0. The quantitative estimate of drug-likeness (QED) is 0.575. The van der Waals surface area contributed by atoms with Crippen molar-refractivity contribution in [1.82, 2.24) is 0 Å². The van der Waals surface area contributed by atoms with Gasteiger partial charge in [0.15, 0.2) is 0 Å². The molecule has 0 aromatic heterocycles. The summed E-state index contributed by atoms with van der Waals surface area (Å²) < 4.78 is 4.90. The van der Waals surface area contributed by atoms with E-state index in [1.54, 1.807) is 0 Å². The van der Waals surface area contributed by atoms with Crippen LogP contribution in [-0.4, -0.2) is 12.6 Å². The van der Waals surface area contributed by atoms with Gasteiger partial charge in [0.2, 0.25) is 0 Å². The summed E-state index contributed by atoms with van der Waals surface area (Å²) in [5, 5.41) is 0. The molecule has 0 N–H and O–H groups in total. The monoisotopic (exact) mass is 212 g/mol. The van der Waals surface area contributed by atoms with Gasteiger partial charge in [-0.2, -0.15) is 0 Å². The third kappa shape index (κ3) is 5.19. The van der Waals surface area contributed by atoms with E-state index in [-0.39, 0.29) is 5.97 Å². The fourth-order valence-corrected chi connectivity index (χ4v) is 2.23. The Labute approximate surface area is 93.4 Å². The third-order valence-electron chi connectivity index (χ3n) is 3.26. The molecule has 1 aliphatic carbocycles. The summed E-state index contributed by atoms with van der Waals surface area (Å²) in [7, 11) is 0. The molecule has 0 amide bonds. The minimum atomic E-state index is -0.0248. The smallest absolute Gasteiger partial charge is 0.305 e. The van der Waals surface area contributed by atoms with E-state index in [0.29, 0.717) is 13.0 Å². The van der Waals surface area contributed by atoms with Gasteiger partial charge in [-0.15, -0.1) is 0 Å². The predicted molar refractivity (Wildman–Crippen MR) is 61.6 cm³/mol. The Morgan fingerprint density at radius 1 is 1.20 bits per heavy atom. The summed E-state index contributed by atoms with van der Waals surface area (Å²) in [4.78, 5) is 11.1. The van der Waals surface area contributed by atoms with E-state index in [1.165, 1.54) is 32.1 Å². The highest BCUT2D eigenvalue weighted by Gasteiger charge is 2.35. The lowest BCUT2D eigenvalue weighted by atomic mass is 10.1. The molecule has 0 heterocycles. The molecule has 0 aliphatic heterocycles. The van der Waals surface area contributed by atoms with Crippen LogP contribution >= 0.6 is 0 Å². The molecule has 0 spiro atoms. The Hall–Kier alpha value is -0.530. The van der Waals surface area contributed by atoms with Gasteiger partial charge in [0.05, 0.1) is 6.61 Å². The molecule has 1 aliphatic rings. The van der Waals surface area contributed by atoms with Gasteiger partial charge < -0.3 is 4.74 Å². The van der Waals surface area contributed by atoms with Crippen molar-refractivity contribution in [3.63, 3.8) is 0 Å². The highest BCUT2D eigenvalue weighted by Crippen LogP contribution is 2.45. The van der Waals surface area contributed by atoms with Crippen molar-refractivity contribution in [1.29, 1.82) is 0 Å². The summed E-state index contributed by atoms with van der Waals surface area (Å²) in [6, 6.07) is 0. The van der Waals surface area contributed by atoms with Crippen molar-refractivity contribution < 1.29 is 9.53 Å². The third-order valence-corrected chi connectivity index (χ3v) is 3.26. The number of carbonyl (C=O) groups excluding carboxylic acids is 1. The van der Waals surface area contributed by atoms with E-state index in [4.69, 9.17) is 4.74 Å². The molecule has 15 heavy (non-hydrogen) atoms. The van der Waals surface area contributed by atoms with Crippen LogP contribution in [0.3, 0.4) is 0 Å². The van der Waals surface area contributed by atoms with Gasteiger partial charge in [-0.3, -0.25) is 4.79 Å². The zero-order valence-corrected chi connectivity index (χ0v) is 10.1. The first-order valence-electron chi connectivity index (χ1n) is 6.43. The molecule has 0 bridgehead atoms. The number of rotatable bonds is 8. The number of carbonyl (C=O) groups is 1. The van der Waals surface area contributed by atoms with E-state index >= 15 is 0 Å². The van der Waals surface area contributed by atoms with Crippen LogP contribution in [0.4, 0.5) is 0 Å². The molecule has 0 aromatic rings. The van der Waals surface area contributed by atoms with Crippen molar-refractivity contribution in [3.05, 3.63) is 0 Å². The van der Waals surface area contributed by atoms with Gasteiger partial charge in [0.25, 0.3) is 0 Å². The average molecular weight is 212 g/mol. The lowest BCUT2D eigenvalue weighted by Crippen LogP contribution is -2.03. The first-order chi connectivity index (χ1) is 7.27. The van der Waals surface area contributed by atoms with Crippen LogP contribution in [0, 0.1) is 11.8 Å². The van der Waals surface area contributed by atoms with Gasteiger partial charge in [-0.05, 0) is 38.0 Å². The topological polar surface area (TPSA) is 26.3 Å². The highest BCUT2D eigenvalue weighted by atomic mass is 16.5. The van der Waals surface area contributed by atoms with Crippen LogP contribution < -0.4 is 0 Å². The Kier molecular flexibility index (Phi) is 5.74. The number of ether oxygens (including phenoxy) is 1. The van der Waals surface area contributed by atoms with Gasteiger partial charge in [-0.1, -0.05) is 26.2 Å². The molecule has 1 fully saturated rings. The van der Waals surface area contributed by atoms with Crippen LogP contribution in [-0.2, 0) is 9.53 Å². The minimum Gasteiger partial charge on any atom is -0.466 e. The van der Waals surface area contributed by atoms with E-state index in [9.17, 15) is 4.79 Å². The molecule has 2 heteroatoms. The predicted octanol–water partition coefficient (Wildman–Crippen LogP) is 3.55. The zero-order chi connectivity index (χ0) is 11.1. The van der Waals surface area contributed by atoms with Gasteiger partial charge >= 0.3 is 5.97 Å². The maximum absolute atomic E-state index is 11.1.